The first-order valence-corrected chi connectivity index (χ1v) is 9.91. The highest BCUT2D eigenvalue weighted by Gasteiger charge is 2.31. The fourth-order valence-corrected chi connectivity index (χ4v) is 3.80. The number of carbonyl (C=O) groups excluding carboxylic acids is 3. The van der Waals surface area contributed by atoms with Crippen molar-refractivity contribution in [2.24, 2.45) is 5.92 Å². The molecule has 0 radical (unpaired) electrons. The van der Waals surface area contributed by atoms with Crippen LogP contribution in [0.25, 0.3) is 0 Å². The summed E-state index contributed by atoms with van der Waals surface area (Å²) in [5, 5.41) is 7.47. The number of hydrogen-bond acceptors (Lipinski definition) is 4. The molecule has 2 aromatic rings. The maximum Gasteiger partial charge on any atom is 0.261 e. The number of amides is 3. The predicted octanol–water partition coefficient (Wildman–Crippen LogP) is 2.74. The second-order valence-corrected chi connectivity index (χ2v) is 7.60. The molecular weight excluding hydrogens is 362 g/mol. The molecule has 7 heteroatoms. The smallest absolute Gasteiger partial charge is 0.261 e. The molecule has 1 aliphatic heterocycles. The third-order valence-electron chi connectivity index (χ3n) is 4.61. The van der Waals surface area contributed by atoms with Crippen LogP contribution in [0.15, 0.2) is 47.8 Å². The van der Waals surface area contributed by atoms with Crippen LogP contribution in [0.5, 0.6) is 0 Å². The van der Waals surface area contributed by atoms with Crippen LogP contribution >= 0.6 is 11.3 Å². The molecule has 1 saturated heterocycles. The number of hydrogen-bond donors (Lipinski definition) is 2. The van der Waals surface area contributed by atoms with E-state index in [1.54, 1.807) is 24.0 Å². The highest BCUT2D eigenvalue weighted by molar-refractivity contribution is 7.12. The normalized spacial score (nSPS) is 17.8. The zero-order chi connectivity index (χ0) is 19.2. The van der Waals surface area contributed by atoms with Crippen molar-refractivity contribution in [1.29, 1.82) is 0 Å². The van der Waals surface area contributed by atoms with Crippen molar-refractivity contribution in [2.45, 2.75) is 25.8 Å². The SMILES string of the molecule is CC(NC(=O)c1cccs1)C(=O)N1CCCC(C(=O)Nc2ccccc2)C1. The molecule has 6 nitrogen and oxygen atoms in total. The number of anilines is 1. The Labute approximate surface area is 162 Å². The maximum absolute atomic E-state index is 12.7. The number of thiophene rings is 1. The molecule has 2 atom stereocenters. The molecule has 2 heterocycles. The summed E-state index contributed by atoms with van der Waals surface area (Å²) < 4.78 is 0. The van der Waals surface area contributed by atoms with Crippen LogP contribution in [0.2, 0.25) is 0 Å². The Morgan fingerprint density at radius 3 is 2.63 bits per heavy atom. The van der Waals surface area contributed by atoms with Gasteiger partial charge in [-0.05, 0) is 43.3 Å². The molecule has 1 aliphatic rings. The predicted molar refractivity (Wildman–Crippen MR) is 106 cm³/mol. The molecule has 0 spiro atoms. The van der Waals surface area contributed by atoms with E-state index in [0.29, 0.717) is 18.0 Å². The summed E-state index contributed by atoms with van der Waals surface area (Å²) in [6, 6.07) is 12.2. The Bertz CT molecular complexity index is 792. The molecule has 3 rings (SSSR count). The molecular formula is C20H23N3O3S. The molecule has 3 amide bonds. The van der Waals surface area contributed by atoms with Crippen molar-refractivity contribution >= 4 is 34.7 Å². The summed E-state index contributed by atoms with van der Waals surface area (Å²) in [6.45, 7) is 2.66. The third kappa shape index (κ3) is 4.95. The van der Waals surface area contributed by atoms with E-state index >= 15 is 0 Å². The summed E-state index contributed by atoms with van der Waals surface area (Å²) in [4.78, 5) is 39.6. The molecule has 2 N–H and O–H groups in total. The largest absolute Gasteiger partial charge is 0.340 e. The van der Waals surface area contributed by atoms with Gasteiger partial charge in [-0.1, -0.05) is 24.3 Å². The molecule has 27 heavy (non-hydrogen) atoms. The van der Waals surface area contributed by atoms with Crippen molar-refractivity contribution in [2.75, 3.05) is 18.4 Å². The number of piperidine rings is 1. The zero-order valence-electron chi connectivity index (χ0n) is 15.2. The lowest BCUT2D eigenvalue weighted by atomic mass is 9.96. The summed E-state index contributed by atoms with van der Waals surface area (Å²) in [5.74, 6) is -0.726. The van der Waals surface area contributed by atoms with E-state index < -0.39 is 6.04 Å². The van der Waals surface area contributed by atoms with Crippen molar-refractivity contribution in [1.82, 2.24) is 10.2 Å². The molecule has 0 aliphatic carbocycles. The minimum absolute atomic E-state index is 0.0750. The van der Waals surface area contributed by atoms with Gasteiger partial charge < -0.3 is 15.5 Å². The Morgan fingerprint density at radius 1 is 1.15 bits per heavy atom. The van der Waals surface area contributed by atoms with Gasteiger partial charge in [0.15, 0.2) is 0 Å². The van der Waals surface area contributed by atoms with Crippen LogP contribution in [0.4, 0.5) is 5.69 Å². The molecule has 1 fully saturated rings. The fraction of sp³-hybridized carbons (Fsp3) is 0.350. The van der Waals surface area contributed by atoms with E-state index in [4.69, 9.17) is 0 Å². The second-order valence-electron chi connectivity index (χ2n) is 6.65. The molecule has 2 unspecified atom stereocenters. The van der Waals surface area contributed by atoms with Crippen LogP contribution in [-0.4, -0.2) is 41.8 Å². The molecule has 142 valence electrons. The Morgan fingerprint density at radius 2 is 1.93 bits per heavy atom. The number of rotatable bonds is 5. The molecule has 0 saturated carbocycles. The van der Waals surface area contributed by atoms with E-state index in [-0.39, 0.29) is 23.6 Å². The highest BCUT2D eigenvalue weighted by Crippen LogP contribution is 2.19. The van der Waals surface area contributed by atoms with E-state index in [1.165, 1.54) is 11.3 Å². The van der Waals surface area contributed by atoms with Crippen molar-refractivity contribution < 1.29 is 14.4 Å². The van der Waals surface area contributed by atoms with Gasteiger partial charge >= 0.3 is 0 Å². The van der Waals surface area contributed by atoms with E-state index in [0.717, 1.165) is 18.5 Å². The lowest BCUT2D eigenvalue weighted by molar-refractivity contribution is -0.136. The third-order valence-corrected chi connectivity index (χ3v) is 5.48. The number of benzene rings is 1. The van der Waals surface area contributed by atoms with Gasteiger partial charge in [-0.15, -0.1) is 11.3 Å². The van der Waals surface area contributed by atoms with Gasteiger partial charge in [0, 0.05) is 18.8 Å². The average molecular weight is 385 g/mol. The van der Waals surface area contributed by atoms with Gasteiger partial charge in [-0.25, -0.2) is 0 Å². The van der Waals surface area contributed by atoms with Crippen molar-refractivity contribution in [3.05, 3.63) is 52.7 Å². The van der Waals surface area contributed by atoms with Crippen LogP contribution in [0, 0.1) is 5.92 Å². The molecule has 0 bridgehead atoms. The van der Waals surface area contributed by atoms with E-state index in [1.807, 2.05) is 35.7 Å². The fourth-order valence-electron chi connectivity index (χ4n) is 3.17. The van der Waals surface area contributed by atoms with Gasteiger partial charge in [0.25, 0.3) is 5.91 Å². The summed E-state index contributed by atoms with van der Waals surface area (Å²) in [7, 11) is 0. The van der Waals surface area contributed by atoms with E-state index in [9.17, 15) is 14.4 Å². The first-order chi connectivity index (χ1) is 13.0. The quantitative estimate of drug-likeness (QED) is 0.831. The number of nitrogens with one attached hydrogen (secondary N) is 2. The highest BCUT2D eigenvalue weighted by atomic mass is 32.1. The Kier molecular flexibility index (Phi) is 6.24. The van der Waals surface area contributed by atoms with Crippen molar-refractivity contribution in [3.8, 4) is 0 Å². The van der Waals surface area contributed by atoms with Crippen LogP contribution < -0.4 is 10.6 Å². The standard InChI is InChI=1S/C20H23N3O3S/c1-14(21-19(25)17-10-6-12-27-17)20(26)23-11-5-7-15(13-23)18(24)22-16-8-3-2-4-9-16/h2-4,6,8-10,12,14-15H,5,7,11,13H2,1H3,(H,21,25)(H,22,24). The molecule has 1 aromatic heterocycles. The minimum Gasteiger partial charge on any atom is -0.340 e. The first kappa shape index (κ1) is 19.1. The maximum atomic E-state index is 12.7. The van der Waals surface area contributed by atoms with Crippen LogP contribution in [0.1, 0.15) is 29.4 Å². The van der Waals surface area contributed by atoms with Gasteiger partial charge in [-0.2, -0.15) is 0 Å². The Balaban J connectivity index is 1.55. The second kappa shape index (κ2) is 8.81. The van der Waals surface area contributed by atoms with Gasteiger partial charge in [-0.3, -0.25) is 14.4 Å². The average Bonchev–Trinajstić information content (AvgIpc) is 3.23. The van der Waals surface area contributed by atoms with Crippen LogP contribution in [-0.2, 0) is 9.59 Å². The van der Waals surface area contributed by atoms with E-state index in [2.05, 4.69) is 10.6 Å². The van der Waals surface area contributed by atoms with Gasteiger partial charge in [0.2, 0.25) is 11.8 Å². The number of nitrogens with zero attached hydrogens (tertiary/aromatic N) is 1. The summed E-state index contributed by atoms with van der Waals surface area (Å²) in [6.07, 6.45) is 1.52. The number of carbonyl (C=O) groups is 3. The minimum atomic E-state index is -0.629. The topological polar surface area (TPSA) is 78.5 Å². The lowest BCUT2D eigenvalue weighted by Crippen LogP contribution is -2.51. The molecule has 1 aromatic carbocycles. The summed E-state index contributed by atoms with van der Waals surface area (Å²) >= 11 is 1.34. The zero-order valence-corrected chi connectivity index (χ0v) is 16.0. The first-order valence-electron chi connectivity index (χ1n) is 9.03. The van der Waals surface area contributed by atoms with Crippen LogP contribution in [0.3, 0.4) is 0 Å². The van der Waals surface area contributed by atoms with Crippen molar-refractivity contribution in [3.63, 3.8) is 0 Å². The Hall–Kier alpha value is -2.67. The monoisotopic (exact) mass is 385 g/mol. The number of likely N-dealkylation sites (tertiary alicyclic amines) is 1. The summed E-state index contributed by atoms with van der Waals surface area (Å²) in [5.41, 5.74) is 0.752. The van der Waals surface area contributed by atoms with Gasteiger partial charge in [0.05, 0.1) is 10.8 Å². The number of para-hydroxylation sites is 1. The lowest BCUT2D eigenvalue weighted by Gasteiger charge is -2.33. The van der Waals surface area contributed by atoms with Gasteiger partial charge in [0.1, 0.15) is 6.04 Å².